The van der Waals surface area contributed by atoms with Crippen molar-refractivity contribution >= 4 is 28.6 Å². The maximum Gasteiger partial charge on any atom is 0.255 e. The summed E-state index contributed by atoms with van der Waals surface area (Å²) in [6.07, 6.45) is 3.47. The zero-order valence-electron chi connectivity index (χ0n) is 19.3. The Kier molecular flexibility index (Phi) is 6.09. The van der Waals surface area contributed by atoms with Crippen LogP contribution in [0.2, 0.25) is 0 Å². The molecule has 2 heterocycles. The van der Waals surface area contributed by atoms with E-state index in [9.17, 15) is 4.79 Å². The molecule has 5 rings (SSSR count). The third-order valence-corrected chi connectivity index (χ3v) is 5.68. The number of carbonyl (C=O) groups is 1. The molecule has 0 aliphatic rings. The predicted molar refractivity (Wildman–Crippen MR) is 136 cm³/mol. The third-order valence-electron chi connectivity index (χ3n) is 5.68. The van der Waals surface area contributed by atoms with Gasteiger partial charge >= 0.3 is 0 Å². The summed E-state index contributed by atoms with van der Waals surface area (Å²) in [7, 11) is 1.61. The lowest BCUT2D eigenvalue weighted by molar-refractivity contribution is 0.102. The number of methoxy groups -OCH3 is 1. The SMILES string of the molecule is COc1ccc(NC(=O)c2cccc([C@H](C)Nc3nccc(-n4cnc5ccccc54)n3)c2)cc1. The first kappa shape index (κ1) is 22.1. The van der Waals surface area contributed by atoms with Crippen LogP contribution in [0.4, 0.5) is 11.6 Å². The lowest BCUT2D eigenvalue weighted by atomic mass is 10.0. The smallest absolute Gasteiger partial charge is 0.255 e. The molecule has 0 aliphatic heterocycles. The predicted octanol–water partition coefficient (Wildman–Crippen LogP) is 5.25. The maximum atomic E-state index is 12.8. The van der Waals surface area contributed by atoms with Gasteiger partial charge in [0.2, 0.25) is 5.95 Å². The van der Waals surface area contributed by atoms with Crippen LogP contribution in [0, 0.1) is 0 Å². The number of nitrogens with zero attached hydrogens (tertiary/aromatic N) is 4. The molecule has 0 saturated carbocycles. The highest BCUT2D eigenvalue weighted by atomic mass is 16.5. The molecule has 0 unspecified atom stereocenters. The summed E-state index contributed by atoms with van der Waals surface area (Å²) < 4.78 is 7.09. The molecule has 174 valence electrons. The van der Waals surface area contributed by atoms with E-state index in [-0.39, 0.29) is 11.9 Å². The second-order valence-electron chi connectivity index (χ2n) is 8.02. The number of fused-ring (bicyclic) bond motifs is 1. The summed E-state index contributed by atoms with van der Waals surface area (Å²) in [5.41, 5.74) is 4.07. The van der Waals surface area contributed by atoms with Crippen molar-refractivity contribution in [2.45, 2.75) is 13.0 Å². The Morgan fingerprint density at radius 2 is 1.80 bits per heavy atom. The highest BCUT2D eigenvalue weighted by Gasteiger charge is 2.13. The zero-order chi connectivity index (χ0) is 24.2. The van der Waals surface area contributed by atoms with Crippen LogP contribution in [0.5, 0.6) is 5.75 Å². The molecule has 1 amide bonds. The summed E-state index contributed by atoms with van der Waals surface area (Å²) in [6.45, 7) is 2.00. The number of aromatic nitrogens is 4. The van der Waals surface area contributed by atoms with Gasteiger partial charge in [-0.2, -0.15) is 4.98 Å². The van der Waals surface area contributed by atoms with Crippen LogP contribution >= 0.6 is 0 Å². The van der Waals surface area contributed by atoms with Gasteiger partial charge in [-0.25, -0.2) is 9.97 Å². The van der Waals surface area contributed by atoms with Crippen molar-refractivity contribution in [1.29, 1.82) is 0 Å². The largest absolute Gasteiger partial charge is 0.497 e. The molecule has 3 aromatic carbocycles. The van der Waals surface area contributed by atoms with Crippen molar-refractivity contribution in [3.8, 4) is 11.6 Å². The molecule has 8 nitrogen and oxygen atoms in total. The number of hydrogen-bond donors (Lipinski definition) is 2. The molecule has 35 heavy (non-hydrogen) atoms. The second-order valence-corrected chi connectivity index (χ2v) is 8.02. The fraction of sp³-hybridized carbons (Fsp3) is 0.111. The Labute approximate surface area is 202 Å². The van der Waals surface area contributed by atoms with E-state index in [0.717, 1.165) is 28.2 Å². The molecule has 1 atom stereocenters. The van der Waals surface area contributed by atoms with E-state index in [1.54, 1.807) is 50.0 Å². The van der Waals surface area contributed by atoms with Crippen molar-refractivity contribution in [2.24, 2.45) is 0 Å². The molecule has 0 aliphatic carbocycles. The van der Waals surface area contributed by atoms with Gasteiger partial charge in [-0.1, -0.05) is 24.3 Å². The van der Waals surface area contributed by atoms with Gasteiger partial charge in [0.25, 0.3) is 5.91 Å². The first-order valence-corrected chi connectivity index (χ1v) is 11.2. The highest BCUT2D eigenvalue weighted by Crippen LogP contribution is 2.22. The van der Waals surface area contributed by atoms with E-state index in [4.69, 9.17) is 4.74 Å². The number of hydrogen-bond acceptors (Lipinski definition) is 6. The molecule has 0 fully saturated rings. The number of para-hydroxylation sites is 2. The highest BCUT2D eigenvalue weighted by molar-refractivity contribution is 6.04. The van der Waals surface area contributed by atoms with Crippen molar-refractivity contribution < 1.29 is 9.53 Å². The van der Waals surface area contributed by atoms with Gasteiger partial charge in [-0.05, 0) is 67.1 Å². The van der Waals surface area contributed by atoms with Crippen molar-refractivity contribution in [3.05, 3.63) is 103 Å². The average molecular weight is 465 g/mol. The monoisotopic (exact) mass is 464 g/mol. The summed E-state index contributed by atoms with van der Waals surface area (Å²) in [4.78, 5) is 26.3. The van der Waals surface area contributed by atoms with Crippen LogP contribution in [-0.4, -0.2) is 32.5 Å². The minimum absolute atomic E-state index is 0.126. The van der Waals surface area contributed by atoms with Crippen LogP contribution < -0.4 is 15.4 Å². The Balaban J connectivity index is 1.31. The van der Waals surface area contributed by atoms with E-state index < -0.39 is 0 Å². The third kappa shape index (κ3) is 4.81. The lowest BCUT2D eigenvalue weighted by Gasteiger charge is -2.16. The Morgan fingerprint density at radius 3 is 2.63 bits per heavy atom. The zero-order valence-corrected chi connectivity index (χ0v) is 19.3. The summed E-state index contributed by atoms with van der Waals surface area (Å²) >= 11 is 0. The molecular weight excluding hydrogens is 440 g/mol. The second kappa shape index (κ2) is 9.64. The first-order chi connectivity index (χ1) is 17.1. The van der Waals surface area contributed by atoms with Crippen molar-refractivity contribution in [3.63, 3.8) is 0 Å². The Hall–Kier alpha value is -4.72. The molecule has 0 saturated heterocycles. The fourth-order valence-corrected chi connectivity index (χ4v) is 3.80. The number of anilines is 2. The molecule has 8 heteroatoms. The van der Waals surface area contributed by atoms with E-state index in [2.05, 4.69) is 25.6 Å². The first-order valence-electron chi connectivity index (χ1n) is 11.2. The molecule has 2 N–H and O–H groups in total. The number of ether oxygens (including phenoxy) is 1. The molecular formula is C27H24N6O2. The fourth-order valence-electron chi connectivity index (χ4n) is 3.80. The normalized spacial score (nSPS) is 11.7. The van der Waals surface area contributed by atoms with E-state index >= 15 is 0 Å². The molecule has 0 radical (unpaired) electrons. The van der Waals surface area contributed by atoms with E-state index in [0.29, 0.717) is 17.2 Å². The average Bonchev–Trinajstić information content (AvgIpc) is 3.34. The quantitative estimate of drug-likeness (QED) is 0.342. The van der Waals surface area contributed by atoms with Crippen LogP contribution in [0.3, 0.4) is 0 Å². The van der Waals surface area contributed by atoms with Gasteiger partial charge in [-0.3, -0.25) is 9.36 Å². The maximum absolute atomic E-state index is 12.8. The number of rotatable bonds is 7. The summed E-state index contributed by atoms with van der Waals surface area (Å²) in [5.74, 6) is 1.75. The lowest BCUT2D eigenvalue weighted by Crippen LogP contribution is -2.14. The van der Waals surface area contributed by atoms with Gasteiger partial charge in [0.15, 0.2) is 0 Å². The van der Waals surface area contributed by atoms with Crippen molar-refractivity contribution in [2.75, 3.05) is 17.7 Å². The molecule has 0 spiro atoms. The van der Waals surface area contributed by atoms with Gasteiger partial charge in [-0.15, -0.1) is 0 Å². The Bertz CT molecular complexity index is 1480. The standard InChI is InChI=1S/C27H24N6O2/c1-18(19-6-5-7-20(16-19)26(34)31-21-10-12-22(35-2)13-11-21)30-27-28-15-14-25(32-27)33-17-29-23-8-3-4-9-24(23)33/h3-18H,1-2H3,(H,31,34)(H,28,30,32)/t18-/m0/s1. The number of benzene rings is 3. The number of imidazole rings is 1. The Morgan fingerprint density at radius 1 is 0.971 bits per heavy atom. The summed E-state index contributed by atoms with van der Waals surface area (Å²) in [6, 6.07) is 24.3. The van der Waals surface area contributed by atoms with Gasteiger partial charge in [0.1, 0.15) is 17.9 Å². The number of amides is 1. The molecule has 2 aromatic heterocycles. The van der Waals surface area contributed by atoms with Crippen LogP contribution in [0.15, 0.2) is 91.4 Å². The van der Waals surface area contributed by atoms with Gasteiger partial charge < -0.3 is 15.4 Å². The topological polar surface area (TPSA) is 94.0 Å². The number of carbonyl (C=O) groups excluding carboxylic acids is 1. The van der Waals surface area contributed by atoms with Crippen LogP contribution in [0.25, 0.3) is 16.9 Å². The van der Waals surface area contributed by atoms with E-state index in [1.165, 1.54) is 0 Å². The van der Waals surface area contributed by atoms with Crippen LogP contribution in [-0.2, 0) is 0 Å². The van der Waals surface area contributed by atoms with E-state index in [1.807, 2.05) is 60.0 Å². The van der Waals surface area contributed by atoms with Crippen molar-refractivity contribution in [1.82, 2.24) is 19.5 Å². The molecule has 5 aromatic rings. The summed E-state index contributed by atoms with van der Waals surface area (Å²) in [5, 5.41) is 6.25. The minimum Gasteiger partial charge on any atom is -0.497 e. The van der Waals surface area contributed by atoms with Crippen LogP contribution in [0.1, 0.15) is 28.9 Å². The minimum atomic E-state index is -0.186. The molecule has 0 bridgehead atoms. The number of nitrogens with one attached hydrogen (secondary N) is 2. The van der Waals surface area contributed by atoms with Gasteiger partial charge in [0.05, 0.1) is 24.2 Å². The van der Waals surface area contributed by atoms with Gasteiger partial charge in [0, 0.05) is 17.4 Å².